The summed E-state index contributed by atoms with van der Waals surface area (Å²) in [6.45, 7) is 2.09. The predicted molar refractivity (Wildman–Crippen MR) is 81.6 cm³/mol. The molecule has 1 aromatic carbocycles. The van der Waals surface area contributed by atoms with Crippen molar-refractivity contribution in [3.63, 3.8) is 0 Å². The Morgan fingerprint density at radius 2 is 2.15 bits per heavy atom. The van der Waals surface area contributed by atoms with E-state index < -0.39 is 0 Å². The molecule has 3 aromatic rings. The van der Waals surface area contributed by atoms with Crippen LogP contribution >= 0.6 is 11.3 Å². The molecule has 0 amide bonds. The van der Waals surface area contributed by atoms with Crippen molar-refractivity contribution in [2.45, 2.75) is 25.8 Å². The van der Waals surface area contributed by atoms with E-state index in [-0.39, 0.29) is 6.04 Å². The second-order valence-electron chi connectivity index (χ2n) is 4.71. The van der Waals surface area contributed by atoms with Crippen LogP contribution in [0.15, 0.2) is 41.9 Å². The Kier molecular flexibility index (Phi) is 3.71. The first-order chi connectivity index (χ1) is 9.78. The lowest BCUT2D eigenvalue weighted by Crippen LogP contribution is -2.22. The molecule has 3 rings (SSSR count). The summed E-state index contributed by atoms with van der Waals surface area (Å²) in [4.78, 5) is 5.50. The number of imidazole rings is 1. The monoisotopic (exact) mass is 287 g/mol. The molecule has 0 radical (unpaired) electrons. The largest absolute Gasteiger partial charge is 0.437 e. The molecular weight excluding hydrogens is 270 g/mol. The molecule has 0 aliphatic rings. The van der Waals surface area contributed by atoms with Gasteiger partial charge in [-0.1, -0.05) is 25.1 Å². The van der Waals surface area contributed by atoms with Crippen LogP contribution in [-0.4, -0.2) is 15.4 Å². The van der Waals surface area contributed by atoms with Crippen LogP contribution in [0.1, 0.15) is 19.0 Å². The maximum atomic E-state index is 6.09. The Morgan fingerprint density at radius 1 is 1.35 bits per heavy atom. The molecule has 0 aliphatic carbocycles. The molecular formula is C15H17N3OS. The molecule has 2 aromatic heterocycles. The summed E-state index contributed by atoms with van der Waals surface area (Å²) in [6.07, 6.45) is 3.71. The lowest BCUT2D eigenvalue weighted by molar-refractivity contribution is 0.455. The number of nitrogens with two attached hydrogens (primary N) is 1. The first-order valence-electron chi connectivity index (χ1n) is 6.71. The van der Waals surface area contributed by atoms with E-state index in [1.54, 1.807) is 11.3 Å². The summed E-state index contributed by atoms with van der Waals surface area (Å²) in [5.74, 6) is 1.46. The fourth-order valence-corrected chi connectivity index (χ4v) is 2.80. The second-order valence-corrected chi connectivity index (χ2v) is 5.58. The van der Waals surface area contributed by atoms with Gasteiger partial charge in [-0.3, -0.25) is 4.40 Å². The minimum atomic E-state index is 0.118. The molecule has 0 fully saturated rings. The number of rotatable bonds is 5. The van der Waals surface area contributed by atoms with Crippen molar-refractivity contribution in [3.05, 3.63) is 47.6 Å². The molecule has 4 nitrogen and oxygen atoms in total. The summed E-state index contributed by atoms with van der Waals surface area (Å²) < 4.78 is 7.99. The molecule has 0 bridgehead atoms. The maximum absolute atomic E-state index is 6.09. The van der Waals surface area contributed by atoms with Gasteiger partial charge in [-0.05, 0) is 18.6 Å². The summed E-state index contributed by atoms with van der Waals surface area (Å²) in [5, 5.41) is 2.02. The molecule has 5 heteroatoms. The SMILES string of the molecule is CCC(N)Cc1c(Oc2ccccc2)nc2sccn12. The minimum Gasteiger partial charge on any atom is -0.437 e. The average molecular weight is 287 g/mol. The van der Waals surface area contributed by atoms with Crippen molar-refractivity contribution in [1.82, 2.24) is 9.38 Å². The Labute approximate surface area is 121 Å². The number of hydrogen-bond donors (Lipinski definition) is 1. The number of para-hydroxylation sites is 1. The van der Waals surface area contributed by atoms with Crippen LogP contribution in [0.2, 0.25) is 0 Å². The van der Waals surface area contributed by atoms with Crippen molar-refractivity contribution in [2.75, 3.05) is 0 Å². The van der Waals surface area contributed by atoms with Crippen molar-refractivity contribution >= 4 is 16.3 Å². The van der Waals surface area contributed by atoms with Crippen LogP contribution in [0.3, 0.4) is 0 Å². The predicted octanol–water partition coefficient (Wildman–Crippen LogP) is 3.47. The average Bonchev–Trinajstić information content (AvgIpc) is 3.03. The zero-order valence-corrected chi connectivity index (χ0v) is 12.1. The van der Waals surface area contributed by atoms with E-state index in [2.05, 4.69) is 16.3 Å². The van der Waals surface area contributed by atoms with Gasteiger partial charge >= 0.3 is 0 Å². The van der Waals surface area contributed by atoms with Gasteiger partial charge in [-0.2, -0.15) is 4.98 Å². The number of nitrogens with zero attached hydrogens (tertiary/aromatic N) is 2. The third-order valence-corrected chi connectivity index (χ3v) is 4.02. The topological polar surface area (TPSA) is 52.5 Å². The standard InChI is InChI=1S/C15H17N3OS/c1-2-11(16)10-13-14(17-15-18(13)8-9-20-15)19-12-6-4-3-5-7-12/h3-9,11H,2,10,16H2,1H3. The highest BCUT2D eigenvalue weighted by Crippen LogP contribution is 2.28. The van der Waals surface area contributed by atoms with Crippen LogP contribution in [0.25, 0.3) is 4.96 Å². The molecule has 104 valence electrons. The molecule has 2 N–H and O–H groups in total. The van der Waals surface area contributed by atoms with Crippen LogP contribution in [0.4, 0.5) is 0 Å². The van der Waals surface area contributed by atoms with Crippen molar-refractivity contribution in [3.8, 4) is 11.6 Å². The molecule has 2 heterocycles. The van der Waals surface area contributed by atoms with Crippen LogP contribution < -0.4 is 10.5 Å². The quantitative estimate of drug-likeness (QED) is 0.781. The summed E-state index contributed by atoms with van der Waals surface area (Å²) in [6, 6.07) is 9.84. The van der Waals surface area contributed by atoms with E-state index in [1.165, 1.54) is 0 Å². The smallest absolute Gasteiger partial charge is 0.242 e. The van der Waals surface area contributed by atoms with E-state index in [4.69, 9.17) is 10.5 Å². The van der Waals surface area contributed by atoms with Gasteiger partial charge in [0.15, 0.2) is 4.96 Å². The second kappa shape index (κ2) is 5.64. The van der Waals surface area contributed by atoms with Gasteiger partial charge in [-0.25, -0.2) is 0 Å². The third kappa shape index (κ3) is 2.55. The first kappa shape index (κ1) is 13.1. The van der Waals surface area contributed by atoms with Gasteiger partial charge in [-0.15, -0.1) is 11.3 Å². The Bertz CT molecular complexity index is 690. The summed E-state index contributed by atoms with van der Waals surface area (Å²) in [7, 11) is 0. The molecule has 0 aliphatic heterocycles. The van der Waals surface area contributed by atoms with Gasteiger partial charge < -0.3 is 10.5 Å². The molecule has 20 heavy (non-hydrogen) atoms. The minimum absolute atomic E-state index is 0.118. The van der Waals surface area contributed by atoms with Gasteiger partial charge in [0.2, 0.25) is 5.88 Å². The molecule has 0 saturated carbocycles. The number of hydrogen-bond acceptors (Lipinski definition) is 4. The zero-order valence-electron chi connectivity index (χ0n) is 11.3. The Morgan fingerprint density at radius 3 is 2.90 bits per heavy atom. The van der Waals surface area contributed by atoms with Crippen molar-refractivity contribution in [2.24, 2.45) is 5.73 Å². The molecule has 0 spiro atoms. The summed E-state index contributed by atoms with van der Waals surface area (Å²) in [5.41, 5.74) is 7.13. The fourth-order valence-electron chi connectivity index (χ4n) is 2.07. The van der Waals surface area contributed by atoms with E-state index in [0.717, 1.165) is 29.2 Å². The fraction of sp³-hybridized carbons (Fsp3) is 0.267. The van der Waals surface area contributed by atoms with Crippen molar-refractivity contribution in [1.29, 1.82) is 0 Å². The highest BCUT2D eigenvalue weighted by molar-refractivity contribution is 7.15. The van der Waals surface area contributed by atoms with E-state index >= 15 is 0 Å². The lowest BCUT2D eigenvalue weighted by Gasteiger charge is -2.10. The zero-order chi connectivity index (χ0) is 13.9. The first-order valence-corrected chi connectivity index (χ1v) is 7.58. The Hall–Kier alpha value is -1.85. The maximum Gasteiger partial charge on any atom is 0.242 e. The van der Waals surface area contributed by atoms with Crippen LogP contribution in [-0.2, 0) is 6.42 Å². The van der Waals surface area contributed by atoms with E-state index in [1.807, 2.05) is 41.9 Å². The number of ether oxygens (including phenoxy) is 1. The third-order valence-electron chi connectivity index (χ3n) is 3.26. The van der Waals surface area contributed by atoms with Crippen molar-refractivity contribution < 1.29 is 4.74 Å². The number of benzene rings is 1. The molecule has 1 atom stereocenters. The van der Waals surface area contributed by atoms with Gasteiger partial charge in [0, 0.05) is 24.0 Å². The van der Waals surface area contributed by atoms with Gasteiger partial charge in [0.25, 0.3) is 0 Å². The highest BCUT2D eigenvalue weighted by Gasteiger charge is 2.17. The van der Waals surface area contributed by atoms with E-state index in [0.29, 0.717) is 5.88 Å². The van der Waals surface area contributed by atoms with E-state index in [9.17, 15) is 0 Å². The van der Waals surface area contributed by atoms with Crippen LogP contribution in [0.5, 0.6) is 11.6 Å². The lowest BCUT2D eigenvalue weighted by atomic mass is 10.1. The van der Waals surface area contributed by atoms with Gasteiger partial charge in [0.1, 0.15) is 5.75 Å². The highest BCUT2D eigenvalue weighted by atomic mass is 32.1. The molecule has 0 saturated heterocycles. The summed E-state index contributed by atoms with van der Waals surface area (Å²) >= 11 is 1.60. The number of aromatic nitrogens is 2. The Balaban J connectivity index is 1.96. The number of thiazole rings is 1. The number of fused-ring (bicyclic) bond motifs is 1. The normalized spacial score (nSPS) is 12.7. The van der Waals surface area contributed by atoms with Gasteiger partial charge in [0.05, 0.1) is 5.69 Å². The molecule has 1 unspecified atom stereocenters. The van der Waals surface area contributed by atoms with Crippen LogP contribution in [0, 0.1) is 0 Å².